The molecule has 0 aliphatic carbocycles. The van der Waals surface area contributed by atoms with Gasteiger partial charge in [-0.05, 0) is 24.5 Å². The van der Waals surface area contributed by atoms with Crippen molar-refractivity contribution in [2.75, 3.05) is 6.61 Å². The molecule has 1 N–H and O–H groups in total. The first-order chi connectivity index (χ1) is 13.1. The third kappa shape index (κ3) is 2.97. The Morgan fingerprint density at radius 3 is 2.81 bits per heavy atom. The van der Waals surface area contributed by atoms with Gasteiger partial charge in [0.25, 0.3) is 0 Å². The number of benzene rings is 1. The highest BCUT2D eigenvalue weighted by atomic mass is 16.5. The Kier molecular flexibility index (Phi) is 4.39. The van der Waals surface area contributed by atoms with Crippen LogP contribution >= 0.6 is 0 Å². The molecular weight excluding hydrogens is 344 g/mol. The van der Waals surface area contributed by atoms with E-state index >= 15 is 0 Å². The molecule has 0 aliphatic heterocycles. The normalized spacial score (nSPS) is 11.7. The van der Waals surface area contributed by atoms with E-state index < -0.39 is 0 Å². The smallest absolute Gasteiger partial charge is 0.336 e. The molecule has 8 nitrogen and oxygen atoms in total. The van der Waals surface area contributed by atoms with E-state index in [4.69, 9.17) is 9.72 Å². The van der Waals surface area contributed by atoms with Crippen LogP contribution in [0.1, 0.15) is 27.2 Å². The highest BCUT2D eigenvalue weighted by Gasteiger charge is 2.19. The third-order valence-corrected chi connectivity index (χ3v) is 4.30. The first kappa shape index (κ1) is 17.3. The maximum atomic E-state index is 12.9. The predicted molar refractivity (Wildman–Crippen MR) is 103 cm³/mol. The molecule has 1 aromatic carbocycles. The second-order valence-electron chi connectivity index (χ2n) is 6.94. The summed E-state index contributed by atoms with van der Waals surface area (Å²) < 4.78 is 8.99. The van der Waals surface area contributed by atoms with Crippen LogP contribution in [0.25, 0.3) is 28.2 Å². The van der Waals surface area contributed by atoms with Crippen LogP contribution in [0.15, 0.2) is 35.4 Å². The Morgan fingerprint density at radius 1 is 1.22 bits per heavy atom. The van der Waals surface area contributed by atoms with Gasteiger partial charge in [0.2, 0.25) is 0 Å². The number of H-pyrrole nitrogens is 1. The van der Waals surface area contributed by atoms with Crippen LogP contribution in [0, 0.1) is 5.92 Å². The van der Waals surface area contributed by atoms with E-state index in [-0.39, 0.29) is 5.69 Å². The summed E-state index contributed by atoms with van der Waals surface area (Å²) in [6, 6.07) is 7.75. The summed E-state index contributed by atoms with van der Waals surface area (Å²) in [6.45, 7) is 7.38. The standard InChI is InChI=1S/C19H22N6O2/c1-4-9-27-14-8-6-5-7-13(14)16-21-15-17(22-16)24(10-12(2)3)19(26)25-11-20-23-18(15)25/h5-8,11-12H,4,9-10H2,1-3H3,(H,21,22). The van der Waals surface area contributed by atoms with Crippen LogP contribution in [-0.2, 0) is 6.54 Å². The minimum absolute atomic E-state index is 0.190. The molecule has 0 aliphatic rings. The number of aromatic nitrogens is 6. The average molecular weight is 366 g/mol. The minimum atomic E-state index is -0.190. The van der Waals surface area contributed by atoms with Crippen molar-refractivity contribution in [3.8, 4) is 17.1 Å². The molecule has 140 valence electrons. The molecule has 4 rings (SSSR count). The molecule has 27 heavy (non-hydrogen) atoms. The van der Waals surface area contributed by atoms with Crippen molar-refractivity contribution in [1.82, 2.24) is 29.1 Å². The molecule has 0 spiro atoms. The summed E-state index contributed by atoms with van der Waals surface area (Å²) in [4.78, 5) is 20.9. The number of ether oxygens (including phenoxy) is 1. The van der Waals surface area contributed by atoms with Gasteiger partial charge in [0.1, 0.15) is 23.4 Å². The van der Waals surface area contributed by atoms with E-state index in [9.17, 15) is 4.79 Å². The number of rotatable bonds is 6. The van der Waals surface area contributed by atoms with E-state index in [1.807, 2.05) is 24.3 Å². The number of imidazole rings is 1. The zero-order valence-corrected chi connectivity index (χ0v) is 15.6. The summed E-state index contributed by atoms with van der Waals surface area (Å²) >= 11 is 0. The van der Waals surface area contributed by atoms with Crippen molar-refractivity contribution in [3.05, 3.63) is 41.1 Å². The summed E-state index contributed by atoms with van der Waals surface area (Å²) in [5.41, 5.74) is 2.40. The molecule has 0 saturated heterocycles. The lowest BCUT2D eigenvalue weighted by molar-refractivity contribution is 0.318. The summed E-state index contributed by atoms with van der Waals surface area (Å²) in [7, 11) is 0. The van der Waals surface area contributed by atoms with Gasteiger partial charge in [0, 0.05) is 6.54 Å². The highest BCUT2D eigenvalue weighted by molar-refractivity contribution is 5.88. The molecule has 0 fully saturated rings. The van der Waals surface area contributed by atoms with Crippen molar-refractivity contribution in [3.63, 3.8) is 0 Å². The van der Waals surface area contributed by atoms with Gasteiger partial charge in [-0.3, -0.25) is 4.57 Å². The van der Waals surface area contributed by atoms with E-state index in [0.29, 0.717) is 41.7 Å². The second kappa shape index (κ2) is 6.86. The molecule has 4 aromatic rings. The van der Waals surface area contributed by atoms with Gasteiger partial charge in [0.05, 0.1) is 12.2 Å². The molecule has 0 unspecified atom stereocenters. The Balaban J connectivity index is 1.96. The van der Waals surface area contributed by atoms with E-state index in [0.717, 1.165) is 17.7 Å². The summed E-state index contributed by atoms with van der Waals surface area (Å²) in [6.07, 6.45) is 2.36. The SMILES string of the molecule is CCCOc1ccccc1-c1nc2c([nH]1)c1nncn1c(=O)n2CC(C)C. The Bertz CT molecular complexity index is 1150. The van der Waals surface area contributed by atoms with Crippen LogP contribution in [0.3, 0.4) is 0 Å². The maximum absolute atomic E-state index is 12.9. The molecule has 0 saturated carbocycles. The number of hydrogen-bond acceptors (Lipinski definition) is 5. The van der Waals surface area contributed by atoms with E-state index in [1.165, 1.54) is 10.7 Å². The van der Waals surface area contributed by atoms with Crippen molar-refractivity contribution < 1.29 is 4.74 Å². The first-order valence-corrected chi connectivity index (χ1v) is 9.14. The summed E-state index contributed by atoms with van der Waals surface area (Å²) in [5.74, 6) is 1.69. The predicted octanol–water partition coefficient (Wildman–Crippen LogP) is 2.88. The number of nitrogens with one attached hydrogen (secondary N) is 1. The molecule has 3 heterocycles. The molecule has 0 radical (unpaired) electrons. The van der Waals surface area contributed by atoms with Gasteiger partial charge in [-0.2, -0.15) is 0 Å². The molecule has 3 aromatic heterocycles. The van der Waals surface area contributed by atoms with E-state index in [1.54, 1.807) is 4.57 Å². The third-order valence-electron chi connectivity index (χ3n) is 4.30. The second-order valence-corrected chi connectivity index (χ2v) is 6.94. The molecule has 0 amide bonds. The molecular formula is C19H22N6O2. The van der Waals surface area contributed by atoms with Crippen LogP contribution in [0.5, 0.6) is 5.75 Å². The lowest BCUT2D eigenvalue weighted by Crippen LogP contribution is -2.28. The van der Waals surface area contributed by atoms with Gasteiger partial charge >= 0.3 is 5.69 Å². The Morgan fingerprint density at radius 2 is 2.04 bits per heavy atom. The number of nitrogens with zero attached hydrogens (tertiary/aromatic N) is 5. The maximum Gasteiger partial charge on any atom is 0.336 e. The van der Waals surface area contributed by atoms with Crippen LogP contribution < -0.4 is 10.4 Å². The molecule has 0 atom stereocenters. The zero-order chi connectivity index (χ0) is 19.0. The summed E-state index contributed by atoms with van der Waals surface area (Å²) in [5, 5.41) is 8.00. The molecule has 8 heteroatoms. The highest BCUT2D eigenvalue weighted by Crippen LogP contribution is 2.30. The zero-order valence-electron chi connectivity index (χ0n) is 15.6. The first-order valence-electron chi connectivity index (χ1n) is 9.14. The lowest BCUT2D eigenvalue weighted by atomic mass is 10.2. The van der Waals surface area contributed by atoms with E-state index in [2.05, 4.69) is 36.0 Å². The Labute approximate surface area is 155 Å². The Hall–Kier alpha value is -3.16. The number of hydrogen-bond donors (Lipinski definition) is 1. The van der Waals surface area contributed by atoms with Crippen LogP contribution in [0.4, 0.5) is 0 Å². The number of aromatic amines is 1. The van der Waals surface area contributed by atoms with Crippen LogP contribution in [0.2, 0.25) is 0 Å². The fourth-order valence-electron chi connectivity index (χ4n) is 3.14. The minimum Gasteiger partial charge on any atom is -0.493 e. The van der Waals surface area contributed by atoms with Gasteiger partial charge < -0.3 is 9.72 Å². The fourth-order valence-corrected chi connectivity index (χ4v) is 3.14. The van der Waals surface area contributed by atoms with Gasteiger partial charge in [-0.1, -0.05) is 32.9 Å². The van der Waals surface area contributed by atoms with Crippen molar-refractivity contribution in [1.29, 1.82) is 0 Å². The fraction of sp³-hybridized carbons (Fsp3) is 0.368. The van der Waals surface area contributed by atoms with Crippen molar-refractivity contribution >= 4 is 16.8 Å². The monoisotopic (exact) mass is 366 g/mol. The molecule has 0 bridgehead atoms. The van der Waals surface area contributed by atoms with Crippen molar-refractivity contribution in [2.45, 2.75) is 33.7 Å². The lowest BCUT2D eigenvalue weighted by Gasteiger charge is -2.09. The number of para-hydroxylation sites is 1. The van der Waals surface area contributed by atoms with Crippen LogP contribution in [-0.4, -0.2) is 35.7 Å². The topological polar surface area (TPSA) is 90.1 Å². The largest absolute Gasteiger partial charge is 0.493 e. The van der Waals surface area contributed by atoms with Crippen molar-refractivity contribution in [2.24, 2.45) is 5.92 Å². The van der Waals surface area contributed by atoms with Gasteiger partial charge in [-0.25, -0.2) is 14.2 Å². The number of fused-ring (bicyclic) bond motifs is 3. The average Bonchev–Trinajstić information content (AvgIpc) is 3.30. The van der Waals surface area contributed by atoms with Gasteiger partial charge in [0.15, 0.2) is 11.3 Å². The quantitative estimate of drug-likeness (QED) is 0.567. The van der Waals surface area contributed by atoms with Gasteiger partial charge in [-0.15, -0.1) is 10.2 Å².